The minimum atomic E-state index is -0.300. The number of likely N-dealkylation sites (tertiary alicyclic amines) is 1. The van der Waals surface area contributed by atoms with E-state index < -0.39 is 0 Å². The van der Waals surface area contributed by atoms with E-state index in [1.165, 1.54) is 18.2 Å². The first-order chi connectivity index (χ1) is 14.6. The van der Waals surface area contributed by atoms with Crippen LogP contribution in [0.2, 0.25) is 0 Å². The molecule has 0 radical (unpaired) electrons. The summed E-state index contributed by atoms with van der Waals surface area (Å²) in [6, 6.07) is 14.1. The predicted molar refractivity (Wildman–Crippen MR) is 136 cm³/mol. The number of hydrogen-bond acceptors (Lipinski definition) is 3. The summed E-state index contributed by atoms with van der Waals surface area (Å²) in [4.78, 5) is 6.76. The monoisotopic (exact) mass is 540 g/mol. The number of nitrogens with one attached hydrogen (secondary N) is 2. The number of benzene rings is 2. The lowest BCUT2D eigenvalue weighted by Crippen LogP contribution is -2.48. The summed E-state index contributed by atoms with van der Waals surface area (Å²) < 4.78 is 18.9. The average molecular weight is 540 g/mol. The Morgan fingerprint density at radius 2 is 1.87 bits per heavy atom. The molecule has 2 aromatic rings. The first-order valence-electron chi connectivity index (χ1n) is 10.7. The largest absolute Gasteiger partial charge is 0.494 e. The van der Waals surface area contributed by atoms with Gasteiger partial charge in [-0.1, -0.05) is 37.3 Å². The van der Waals surface area contributed by atoms with E-state index in [9.17, 15) is 4.39 Å². The number of ether oxygens (including phenoxy) is 1. The van der Waals surface area contributed by atoms with Gasteiger partial charge in [0.1, 0.15) is 0 Å². The van der Waals surface area contributed by atoms with Gasteiger partial charge in [0.2, 0.25) is 0 Å². The molecule has 0 saturated carbocycles. The van der Waals surface area contributed by atoms with Crippen LogP contribution < -0.4 is 15.4 Å². The Kier molecular flexibility index (Phi) is 10.5. The molecule has 1 heterocycles. The Bertz CT molecular complexity index is 853. The van der Waals surface area contributed by atoms with Crippen molar-refractivity contribution in [2.75, 3.05) is 27.2 Å². The van der Waals surface area contributed by atoms with E-state index in [0.717, 1.165) is 57.0 Å². The second-order valence-electron chi connectivity index (χ2n) is 7.71. The zero-order chi connectivity index (χ0) is 21.3. The summed E-state index contributed by atoms with van der Waals surface area (Å²) >= 11 is 0. The van der Waals surface area contributed by atoms with Gasteiger partial charge in [-0.3, -0.25) is 9.89 Å². The molecule has 1 saturated heterocycles. The van der Waals surface area contributed by atoms with Crippen LogP contribution in [-0.4, -0.2) is 44.1 Å². The minimum Gasteiger partial charge on any atom is -0.494 e. The molecule has 0 unspecified atom stereocenters. The minimum absolute atomic E-state index is 0. The second-order valence-corrected chi connectivity index (χ2v) is 7.71. The van der Waals surface area contributed by atoms with Crippen LogP contribution >= 0.6 is 24.0 Å². The molecule has 1 aliphatic heterocycles. The molecule has 7 heteroatoms. The Hall–Kier alpha value is -1.87. The zero-order valence-electron chi connectivity index (χ0n) is 18.7. The maximum absolute atomic E-state index is 13.9. The Balaban J connectivity index is 0.00000341. The predicted octanol–water partition coefficient (Wildman–Crippen LogP) is 4.34. The van der Waals surface area contributed by atoms with Crippen molar-refractivity contribution in [2.24, 2.45) is 4.99 Å². The molecule has 31 heavy (non-hydrogen) atoms. The fraction of sp³-hybridized carbons (Fsp3) is 0.458. The molecular weight excluding hydrogens is 506 g/mol. The number of hydrogen-bond donors (Lipinski definition) is 2. The van der Waals surface area contributed by atoms with Gasteiger partial charge in [-0.05, 0) is 48.1 Å². The van der Waals surface area contributed by atoms with Crippen molar-refractivity contribution in [1.82, 2.24) is 15.5 Å². The van der Waals surface area contributed by atoms with Crippen LogP contribution in [0.1, 0.15) is 36.5 Å². The molecule has 170 valence electrons. The van der Waals surface area contributed by atoms with E-state index in [2.05, 4.69) is 51.7 Å². The lowest BCUT2D eigenvalue weighted by molar-refractivity contribution is 0.198. The molecule has 0 aromatic heterocycles. The number of methoxy groups -OCH3 is 1. The van der Waals surface area contributed by atoms with Gasteiger partial charge in [-0.25, -0.2) is 4.39 Å². The zero-order valence-corrected chi connectivity index (χ0v) is 21.0. The van der Waals surface area contributed by atoms with Gasteiger partial charge in [0.25, 0.3) is 0 Å². The van der Waals surface area contributed by atoms with E-state index in [1.807, 2.05) is 13.1 Å². The quantitative estimate of drug-likeness (QED) is 0.312. The highest BCUT2D eigenvalue weighted by atomic mass is 127. The number of piperidine rings is 1. The van der Waals surface area contributed by atoms with Crippen LogP contribution in [-0.2, 0) is 19.5 Å². The normalized spacial score (nSPS) is 15.3. The average Bonchev–Trinajstić information content (AvgIpc) is 2.78. The third-order valence-electron chi connectivity index (χ3n) is 5.72. The second kappa shape index (κ2) is 12.9. The van der Waals surface area contributed by atoms with Gasteiger partial charge in [-0.2, -0.15) is 0 Å². The molecule has 0 spiro atoms. The van der Waals surface area contributed by atoms with Crippen LogP contribution in [0.4, 0.5) is 4.39 Å². The van der Waals surface area contributed by atoms with Gasteiger partial charge in [0.15, 0.2) is 17.5 Å². The molecule has 3 rings (SSSR count). The van der Waals surface area contributed by atoms with E-state index in [0.29, 0.717) is 11.8 Å². The smallest absolute Gasteiger partial charge is 0.191 e. The maximum Gasteiger partial charge on any atom is 0.191 e. The lowest BCUT2D eigenvalue weighted by Gasteiger charge is -2.33. The van der Waals surface area contributed by atoms with Crippen LogP contribution in [0, 0.1) is 5.82 Å². The van der Waals surface area contributed by atoms with E-state index in [4.69, 9.17) is 4.74 Å². The van der Waals surface area contributed by atoms with Gasteiger partial charge in [-0.15, -0.1) is 24.0 Å². The summed E-state index contributed by atoms with van der Waals surface area (Å²) in [7, 11) is 3.30. The highest BCUT2D eigenvalue weighted by molar-refractivity contribution is 14.0. The lowest BCUT2D eigenvalue weighted by atomic mass is 10.0. The summed E-state index contributed by atoms with van der Waals surface area (Å²) in [6.07, 6.45) is 3.09. The summed E-state index contributed by atoms with van der Waals surface area (Å²) in [5, 5.41) is 7.01. The van der Waals surface area contributed by atoms with E-state index in [-0.39, 0.29) is 29.8 Å². The third-order valence-corrected chi connectivity index (χ3v) is 5.72. The van der Waals surface area contributed by atoms with Gasteiger partial charge in [0.05, 0.1) is 7.11 Å². The van der Waals surface area contributed by atoms with Crippen LogP contribution in [0.5, 0.6) is 5.75 Å². The molecular formula is C24H34FIN4O. The fourth-order valence-electron chi connectivity index (χ4n) is 3.94. The topological polar surface area (TPSA) is 48.9 Å². The molecule has 1 aliphatic rings. The van der Waals surface area contributed by atoms with E-state index >= 15 is 0 Å². The first-order valence-corrected chi connectivity index (χ1v) is 10.7. The molecule has 0 atom stereocenters. The maximum atomic E-state index is 13.9. The van der Waals surface area contributed by atoms with Crippen molar-refractivity contribution in [2.45, 2.75) is 45.3 Å². The number of aryl methyl sites for hydroxylation is 1. The van der Waals surface area contributed by atoms with Crippen LogP contribution in [0.15, 0.2) is 47.5 Å². The first kappa shape index (κ1) is 25.4. The summed E-state index contributed by atoms with van der Waals surface area (Å²) in [6.45, 7) is 5.65. The van der Waals surface area contributed by atoms with Crippen LogP contribution in [0.3, 0.4) is 0 Å². The molecule has 2 aromatic carbocycles. The molecule has 0 aliphatic carbocycles. The van der Waals surface area contributed by atoms with Crippen molar-refractivity contribution >= 4 is 29.9 Å². The Morgan fingerprint density at radius 3 is 2.48 bits per heavy atom. The van der Waals surface area contributed by atoms with Crippen molar-refractivity contribution < 1.29 is 9.13 Å². The molecule has 0 bridgehead atoms. The molecule has 5 nitrogen and oxygen atoms in total. The highest BCUT2D eigenvalue weighted by Crippen LogP contribution is 2.20. The van der Waals surface area contributed by atoms with E-state index in [1.54, 1.807) is 12.1 Å². The van der Waals surface area contributed by atoms with Gasteiger partial charge < -0.3 is 15.4 Å². The number of nitrogens with zero attached hydrogens (tertiary/aromatic N) is 2. The number of halogens is 2. The fourth-order valence-corrected chi connectivity index (χ4v) is 3.94. The summed E-state index contributed by atoms with van der Waals surface area (Å²) in [5.41, 5.74) is 3.65. The number of aliphatic imine (C=N–C) groups is 1. The van der Waals surface area contributed by atoms with Crippen LogP contribution in [0.25, 0.3) is 0 Å². The van der Waals surface area contributed by atoms with Gasteiger partial charge >= 0.3 is 0 Å². The molecule has 2 N–H and O–H groups in total. The Morgan fingerprint density at radius 1 is 1.16 bits per heavy atom. The van der Waals surface area contributed by atoms with Crippen molar-refractivity contribution in [3.05, 3.63) is 65.0 Å². The van der Waals surface area contributed by atoms with Crippen molar-refractivity contribution in [1.29, 1.82) is 0 Å². The number of rotatable bonds is 7. The standard InChI is InChI=1S/C24H33FN4O.HI/c1-4-19-7-5-6-8-20(19)16-27-24(26-2)28-21-11-13-29(14-12-21)17-18-9-10-23(30-3)22(25)15-18;/h5-10,15,21H,4,11-14,16-17H2,1-3H3,(H2,26,27,28);1H. The molecule has 1 fully saturated rings. The SMILES string of the molecule is CCc1ccccc1CNC(=NC)NC1CCN(Cc2ccc(OC)c(F)c2)CC1.I. The number of guanidine groups is 1. The highest BCUT2D eigenvalue weighted by Gasteiger charge is 2.20. The van der Waals surface area contributed by atoms with Crippen molar-refractivity contribution in [3.8, 4) is 5.75 Å². The van der Waals surface area contributed by atoms with Crippen molar-refractivity contribution in [3.63, 3.8) is 0 Å². The van der Waals surface area contributed by atoms with Gasteiger partial charge in [0, 0.05) is 39.3 Å². The summed E-state index contributed by atoms with van der Waals surface area (Å²) in [5.74, 6) is 0.838. The Labute approximate surface area is 202 Å². The third kappa shape index (κ3) is 7.35. The molecule has 0 amide bonds.